The van der Waals surface area contributed by atoms with Crippen LogP contribution in [-0.2, 0) is 14.3 Å². The van der Waals surface area contributed by atoms with Gasteiger partial charge < -0.3 is 19.9 Å². The molecule has 0 spiro atoms. The Hall–Kier alpha value is -1.99. The molecule has 0 radical (unpaired) electrons. The molecule has 1 heterocycles. The summed E-state index contributed by atoms with van der Waals surface area (Å²) >= 11 is 0. The van der Waals surface area contributed by atoms with E-state index in [1.54, 1.807) is 0 Å². The van der Waals surface area contributed by atoms with Crippen molar-refractivity contribution >= 4 is 11.9 Å². The lowest BCUT2D eigenvalue weighted by Crippen LogP contribution is -2.51. The fourth-order valence-electron chi connectivity index (χ4n) is 2.60. The highest BCUT2D eigenvalue weighted by molar-refractivity contribution is 5.94. The molecule has 1 saturated heterocycles. The van der Waals surface area contributed by atoms with Gasteiger partial charge in [-0.05, 0) is 31.0 Å². The standard InChI is InChI=1S/C16H20FNO5/c1-22-15(20)8-12-5-6-13(14(9-19)23-12)18-16(21)10-3-2-4-11(17)7-10/h2-4,7,12-14,19H,5-6,8-9H2,1H3,(H,18,21)/t12-,13+,14-/m1/s1. The first-order chi connectivity index (χ1) is 11.0. The summed E-state index contributed by atoms with van der Waals surface area (Å²) in [6, 6.07) is 4.97. The summed E-state index contributed by atoms with van der Waals surface area (Å²) in [6.45, 7) is -0.286. The first kappa shape index (κ1) is 17.4. The summed E-state index contributed by atoms with van der Waals surface area (Å²) < 4.78 is 23.4. The number of halogens is 1. The van der Waals surface area contributed by atoms with Gasteiger partial charge in [0.1, 0.15) is 11.9 Å². The number of aliphatic hydroxyl groups is 1. The summed E-state index contributed by atoms with van der Waals surface area (Å²) in [5.74, 6) is -1.30. The summed E-state index contributed by atoms with van der Waals surface area (Å²) in [7, 11) is 1.30. The Kier molecular flexibility index (Phi) is 6.06. The molecule has 126 valence electrons. The van der Waals surface area contributed by atoms with Crippen molar-refractivity contribution in [3.63, 3.8) is 0 Å². The summed E-state index contributed by atoms with van der Waals surface area (Å²) in [6.07, 6.45) is 0.253. The van der Waals surface area contributed by atoms with Gasteiger partial charge in [-0.15, -0.1) is 0 Å². The Morgan fingerprint density at radius 2 is 2.22 bits per heavy atom. The van der Waals surface area contributed by atoms with Gasteiger partial charge in [0, 0.05) is 5.56 Å². The van der Waals surface area contributed by atoms with Crippen LogP contribution in [0.4, 0.5) is 4.39 Å². The Bertz CT molecular complexity index is 565. The van der Waals surface area contributed by atoms with E-state index >= 15 is 0 Å². The van der Waals surface area contributed by atoms with Gasteiger partial charge in [0.05, 0.1) is 32.3 Å². The number of benzene rings is 1. The maximum Gasteiger partial charge on any atom is 0.308 e. The minimum absolute atomic E-state index is 0.109. The second kappa shape index (κ2) is 8.03. The fourth-order valence-corrected chi connectivity index (χ4v) is 2.60. The Morgan fingerprint density at radius 3 is 2.87 bits per heavy atom. The topological polar surface area (TPSA) is 84.9 Å². The number of carbonyl (C=O) groups is 2. The van der Waals surface area contributed by atoms with Crippen molar-refractivity contribution in [1.82, 2.24) is 5.32 Å². The molecule has 1 aromatic carbocycles. The summed E-state index contributed by atoms with van der Waals surface area (Å²) in [4.78, 5) is 23.4. The largest absolute Gasteiger partial charge is 0.469 e. The number of hydrogen-bond acceptors (Lipinski definition) is 5. The molecule has 2 N–H and O–H groups in total. The van der Waals surface area contributed by atoms with Crippen LogP contribution >= 0.6 is 0 Å². The third kappa shape index (κ3) is 4.74. The lowest BCUT2D eigenvalue weighted by molar-refractivity contribution is -0.149. The Balaban J connectivity index is 1.95. The van der Waals surface area contributed by atoms with Crippen molar-refractivity contribution in [3.05, 3.63) is 35.6 Å². The van der Waals surface area contributed by atoms with Gasteiger partial charge in [-0.25, -0.2) is 4.39 Å². The number of esters is 1. The van der Waals surface area contributed by atoms with Crippen LogP contribution in [0.5, 0.6) is 0 Å². The molecule has 0 unspecified atom stereocenters. The van der Waals surface area contributed by atoms with E-state index in [-0.39, 0.29) is 30.7 Å². The lowest BCUT2D eigenvalue weighted by Gasteiger charge is -2.35. The van der Waals surface area contributed by atoms with Gasteiger partial charge in [0.15, 0.2) is 0 Å². The van der Waals surface area contributed by atoms with Crippen molar-refractivity contribution in [3.8, 4) is 0 Å². The van der Waals surface area contributed by atoms with Crippen LogP contribution in [0, 0.1) is 5.82 Å². The second-order valence-corrected chi connectivity index (χ2v) is 5.43. The zero-order chi connectivity index (χ0) is 16.8. The average molecular weight is 325 g/mol. The molecule has 0 aliphatic carbocycles. The van der Waals surface area contributed by atoms with Gasteiger partial charge in [0.2, 0.25) is 0 Å². The molecule has 1 fully saturated rings. The minimum Gasteiger partial charge on any atom is -0.469 e. The highest BCUT2D eigenvalue weighted by atomic mass is 19.1. The number of aliphatic hydroxyl groups excluding tert-OH is 1. The van der Waals surface area contributed by atoms with Crippen LogP contribution in [0.25, 0.3) is 0 Å². The molecule has 6 nitrogen and oxygen atoms in total. The molecule has 1 aliphatic heterocycles. The number of nitrogens with one attached hydrogen (secondary N) is 1. The van der Waals surface area contributed by atoms with Crippen molar-refractivity contribution in [2.45, 2.75) is 37.5 Å². The van der Waals surface area contributed by atoms with Gasteiger partial charge in [0.25, 0.3) is 5.91 Å². The molecule has 0 bridgehead atoms. The second-order valence-electron chi connectivity index (χ2n) is 5.43. The number of ether oxygens (including phenoxy) is 2. The van der Waals surface area contributed by atoms with Crippen molar-refractivity contribution in [1.29, 1.82) is 0 Å². The first-order valence-electron chi connectivity index (χ1n) is 7.43. The average Bonchev–Trinajstić information content (AvgIpc) is 2.55. The molecule has 7 heteroatoms. The molecule has 1 aromatic rings. The third-order valence-corrected chi connectivity index (χ3v) is 3.82. The highest BCUT2D eigenvalue weighted by Gasteiger charge is 2.33. The van der Waals surface area contributed by atoms with E-state index in [1.807, 2.05) is 0 Å². The van der Waals surface area contributed by atoms with Crippen LogP contribution in [0.1, 0.15) is 29.6 Å². The Morgan fingerprint density at radius 1 is 1.43 bits per heavy atom. The highest BCUT2D eigenvalue weighted by Crippen LogP contribution is 2.22. The molecule has 2 rings (SSSR count). The van der Waals surface area contributed by atoms with Crippen LogP contribution in [0.15, 0.2) is 24.3 Å². The minimum atomic E-state index is -0.615. The Labute approximate surface area is 133 Å². The van der Waals surface area contributed by atoms with E-state index in [1.165, 1.54) is 25.3 Å². The number of rotatable bonds is 5. The van der Waals surface area contributed by atoms with Crippen molar-refractivity contribution in [2.24, 2.45) is 0 Å². The zero-order valence-corrected chi connectivity index (χ0v) is 12.8. The van der Waals surface area contributed by atoms with Gasteiger partial charge >= 0.3 is 5.97 Å². The van der Waals surface area contributed by atoms with Gasteiger partial charge in [-0.3, -0.25) is 9.59 Å². The third-order valence-electron chi connectivity index (χ3n) is 3.82. The molecular formula is C16H20FNO5. The predicted octanol–water partition coefficient (Wildman–Crippen LogP) is 1.03. The lowest BCUT2D eigenvalue weighted by atomic mass is 9.96. The fraction of sp³-hybridized carbons (Fsp3) is 0.500. The number of amides is 1. The van der Waals surface area contributed by atoms with E-state index < -0.39 is 23.9 Å². The van der Waals surface area contributed by atoms with Crippen LogP contribution in [0.2, 0.25) is 0 Å². The monoisotopic (exact) mass is 325 g/mol. The summed E-state index contributed by atoms with van der Waals surface area (Å²) in [5, 5.41) is 12.2. The van der Waals surface area contributed by atoms with E-state index in [0.717, 1.165) is 6.07 Å². The van der Waals surface area contributed by atoms with Crippen LogP contribution in [0.3, 0.4) is 0 Å². The maximum absolute atomic E-state index is 13.2. The van der Waals surface area contributed by atoms with E-state index in [2.05, 4.69) is 10.1 Å². The summed E-state index contributed by atoms with van der Waals surface area (Å²) in [5.41, 5.74) is 0.207. The molecule has 3 atom stereocenters. The normalized spacial score (nSPS) is 24.0. The number of carbonyl (C=O) groups excluding carboxylic acids is 2. The molecule has 0 aromatic heterocycles. The molecular weight excluding hydrogens is 305 g/mol. The predicted molar refractivity (Wildman–Crippen MR) is 79.3 cm³/mol. The molecule has 23 heavy (non-hydrogen) atoms. The van der Waals surface area contributed by atoms with Crippen molar-refractivity contribution in [2.75, 3.05) is 13.7 Å². The van der Waals surface area contributed by atoms with E-state index in [9.17, 15) is 19.1 Å². The molecule has 0 saturated carbocycles. The van der Waals surface area contributed by atoms with Crippen molar-refractivity contribution < 1.29 is 28.6 Å². The van der Waals surface area contributed by atoms with Gasteiger partial charge in [-0.1, -0.05) is 6.07 Å². The number of hydrogen-bond donors (Lipinski definition) is 2. The molecule has 1 aliphatic rings. The first-order valence-corrected chi connectivity index (χ1v) is 7.43. The smallest absolute Gasteiger partial charge is 0.308 e. The van der Waals surface area contributed by atoms with Crippen LogP contribution in [-0.4, -0.2) is 48.9 Å². The quantitative estimate of drug-likeness (QED) is 0.790. The number of methoxy groups -OCH3 is 1. The van der Waals surface area contributed by atoms with Crippen LogP contribution < -0.4 is 5.32 Å². The zero-order valence-electron chi connectivity index (χ0n) is 12.8. The van der Waals surface area contributed by atoms with E-state index in [0.29, 0.717) is 12.8 Å². The molecule has 1 amide bonds. The SMILES string of the molecule is COC(=O)C[C@H]1CC[C@H](NC(=O)c2cccc(F)c2)[C@@H](CO)O1. The van der Waals surface area contributed by atoms with E-state index in [4.69, 9.17) is 4.74 Å². The van der Waals surface area contributed by atoms with Gasteiger partial charge in [-0.2, -0.15) is 0 Å². The maximum atomic E-state index is 13.2.